The van der Waals surface area contributed by atoms with Gasteiger partial charge in [-0.25, -0.2) is 0 Å². The van der Waals surface area contributed by atoms with Crippen molar-refractivity contribution < 1.29 is 9.53 Å². The molecule has 2 fully saturated rings. The molecular formula is C19H24N4O2S. The van der Waals surface area contributed by atoms with Crippen molar-refractivity contribution in [2.45, 2.75) is 18.8 Å². The molecule has 3 heterocycles. The normalized spacial score (nSPS) is 24.1. The first kappa shape index (κ1) is 17.6. The van der Waals surface area contributed by atoms with Crippen molar-refractivity contribution in [2.24, 2.45) is 0 Å². The van der Waals surface area contributed by atoms with Crippen LogP contribution in [0, 0.1) is 6.92 Å². The van der Waals surface area contributed by atoms with Crippen LogP contribution in [0.15, 0.2) is 29.6 Å². The summed E-state index contributed by atoms with van der Waals surface area (Å²) in [4.78, 5) is 17.1. The second-order valence-electron chi connectivity index (χ2n) is 7.14. The van der Waals surface area contributed by atoms with Crippen molar-refractivity contribution in [1.82, 2.24) is 19.4 Å². The Balaban J connectivity index is 1.51. The molecule has 0 bridgehead atoms. The molecule has 7 heteroatoms. The van der Waals surface area contributed by atoms with Gasteiger partial charge in [-0.15, -0.1) is 5.10 Å². The maximum Gasteiger partial charge on any atom is 0.236 e. The minimum Gasteiger partial charge on any atom is -0.379 e. The molecule has 2 atom stereocenters. The molecule has 138 valence electrons. The Bertz CT molecular complexity index is 729. The van der Waals surface area contributed by atoms with E-state index in [1.807, 2.05) is 10.3 Å². The average molecular weight is 372 g/mol. The maximum absolute atomic E-state index is 12.9. The van der Waals surface area contributed by atoms with Crippen LogP contribution in [0.3, 0.4) is 0 Å². The summed E-state index contributed by atoms with van der Waals surface area (Å²) in [5.74, 6) is 0.688. The highest BCUT2D eigenvalue weighted by Crippen LogP contribution is 2.39. The number of aromatic nitrogens is 2. The molecule has 0 saturated carbocycles. The van der Waals surface area contributed by atoms with E-state index < -0.39 is 0 Å². The number of hydrogen-bond donors (Lipinski definition) is 0. The number of carbonyl (C=O) groups is 1. The van der Waals surface area contributed by atoms with E-state index in [9.17, 15) is 4.79 Å². The van der Waals surface area contributed by atoms with E-state index in [1.54, 1.807) is 0 Å². The lowest BCUT2D eigenvalue weighted by Crippen LogP contribution is -2.44. The van der Waals surface area contributed by atoms with Gasteiger partial charge >= 0.3 is 0 Å². The van der Waals surface area contributed by atoms with Crippen LogP contribution in [-0.4, -0.2) is 71.2 Å². The highest BCUT2D eigenvalue weighted by atomic mass is 32.1. The molecule has 6 nitrogen and oxygen atoms in total. The number of nitrogens with zero attached hydrogens (tertiary/aromatic N) is 4. The molecule has 2 aliphatic rings. The molecule has 2 aromatic rings. The molecular weight excluding hydrogens is 348 g/mol. The number of ether oxygens (including phenoxy) is 1. The maximum atomic E-state index is 12.9. The Kier molecular flexibility index (Phi) is 5.28. The minimum atomic E-state index is 0.203. The number of rotatable bonds is 4. The summed E-state index contributed by atoms with van der Waals surface area (Å²) in [7, 11) is 0. The number of aryl methyl sites for hydroxylation is 1. The first-order valence-corrected chi connectivity index (χ1v) is 9.96. The quantitative estimate of drug-likeness (QED) is 0.820. The topological polar surface area (TPSA) is 58.6 Å². The monoisotopic (exact) mass is 372 g/mol. The molecule has 1 aromatic heterocycles. The second-order valence-corrected chi connectivity index (χ2v) is 7.75. The van der Waals surface area contributed by atoms with Crippen molar-refractivity contribution in [2.75, 3.05) is 45.9 Å². The first-order chi connectivity index (χ1) is 12.7. The zero-order valence-electron chi connectivity index (χ0n) is 15.0. The van der Waals surface area contributed by atoms with Gasteiger partial charge in [0.25, 0.3) is 0 Å². The van der Waals surface area contributed by atoms with E-state index in [0.29, 0.717) is 26.3 Å². The van der Waals surface area contributed by atoms with Gasteiger partial charge in [0.1, 0.15) is 0 Å². The molecule has 0 N–H and O–H groups in total. The molecule has 0 unspecified atom stereocenters. The SMILES string of the molecule is Cc1ccc([C@H]2CN(C(=O)CN3CCOCC3)C[C@@H]2c2csnn2)cc1. The van der Waals surface area contributed by atoms with Crippen molar-refractivity contribution in [3.63, 3.8) is 0 Å². The second kappa shape index (κ2) is 7.82. The fourth-order valence-corrected chi connectivity index (χ4v) is 4.36. The van der Waals surface area contributed by atoms with Gasteiger partial charge in [-0.2, -0.15) is 0 Å². The summed E-state index contributed by atoms with van der Waals surface area (Å²) in [6, 6.07) is 8.65. The number of morpholine rings is 1. The molecule has 0 radical (unpaired) electrons. The third kappa shape index (κ3) is 3.79. The third-order valence-electron chi connectivity index (χ3n) is 5.40. The van der Waals surface area contributed by atoms with E-state index in [0.717, 1.165) is 25.3 Å². The molecule has 1 aromatic carbocycles. The van der Waals surface area contributed by atoms with Gasteiger partial charge in [-0.3, -0.25) is 9.69 Å². The summed E-state index contributed by atoms with van der Waals surface area (Å²) < 4.78 is 9.42. The summed E-state index contributed by atoms with van der Waals surface area (Å²) in [6.45, 7) is 7.13. The van der Waals surface area contributed by atoms with Crippen LogP contribution in [0.4, 0.5) is 0 Å². The minimum absolute atomic E-state index is 0.203. The molecule has 1 amide bonds. The number of benzene rings is 1. The van der Waals surface area contributed by atoms with Crippen molar-refractivity contribution in [3.8, 4) is 0 Å². The standard InChI is InChI=1S/C19H24N4O2S/c1-14-2-4-15(5-3-14)16-10-23(11-17(16)18-13-26-21-20-18)19(24)12-22-6-8-25-9-7-22/h2-5,13,16-17H,6-12H2,1H3/t16-,17+/m1/s1. The van der Waals surface area contributed by atoms with Crippen molar-refractivity contribution in [3.05, 3.63) is 46.5 Å². The predicted octanol–water partition coefficient (Wildman–Crippen LogP) is 1.89. The lowest BCUT2D eigenvalue weighted by molar-refractivity contribution is -0.132. The van der Waals surface area contributed by atoms with Crippen LogP contribution in [0.25, 0.3) is 0 Å². The fraction of sp³-hybridized carbons (Fsp3) is 0.526. The van der Waals surface area contributed by atoms with Gasteiger partial charge in [0.05, 0.1) is 25.5 Å². The molecule has 0 aliphatic carbocycles. The molecule has 4 rings (SSSR count). The van der Waals surface area contributed by atoms with Gasteiger partial charge in [0.15, 0.2) is 0 Å². The molecule has 26 heavy (non-hydrogen) atoms. The largest absolute Gasteiger partial charge is 0.379 e. The Morgan fingerprint density at radius 3 is 2.62 bits per heavy atom. The lowest BCUT2D eigenvalue weighted by atomic mass is 9.87. The van der Waals surface area contributed by atoms with Crippen LogP contribution in [0.2, 0.25) is 0 Å². The lowest BCUT2D eigenvalue weighted by Gasteiger charge is -2.28. The van der Waals surface area contributed by atoms with Gasteiger partial charge < -0.3 is 9.64 Å². The number of carbonyl (C=O) groups excluding carboxylic acids is 1. The van der Waals surface area contributed by atoms with Crippen LogP contribution >= 0.6 is 11.5 Å². The number of amides is 1. The zero-order chi connectivity index (χ0) is 17.9. The van der Waals surface area contributed by atoms with Crippen molar-refractivity contribution in [1.29, 1.82) is 0 Å². The van der Waals surface area contributed by atoms with E-state index in [4.69, 9.17) is 4.74 Å². The zero-order valence-corrected chi connectivity index (χ0v) is 15.8. The van der Waals surface area contributed by atoms with E-state index in [2.05, 4.69) is 45.7 Å². The summed E-state index contributed by atoms with van der Waals surface area (Å²) in [6.07, 6.45) is 0. The van der Waals surface area contributed by atoms with Crippen LogP contribution in [-0.2, 0) is 9.53 Å². The van der Waals surface area contributed by atoms with Gasteiger partial charge in [-0.05, 0) is 24.0 Å². The van der Waals surface area contributed by atoms with Gasteiger partial charge in [0.2, 0.25) is 5.91 Å². The first-order valence-electron chi connectivity index (χ1n) is 9.12. The Morgan fingerprint density at radius 1 is 1.19 bits per heavy atom. The molecule has 0 spiro atoms. The van der Waals surface area contributed by atoms with E-state index in [1.165, 1.54) is 22.7 Å². The smallest absolute Gasteiger partial charge is 0.236 e. The number of likely N-dealkylation sites (tertiary alicyclic amines) is 1. The number of hydrogen-bond acceptors (Lipinski definition) is 6. The average Bonchev–Trinajstić information content (AvgIpc) is 3.33. The van der Waals surface area contributed by atoms with Crippen molar-refractivity contribution >= 4 is 17.4 Å². The van der Waals surface area contributed by atoms with Crippen LogP contribution in [0.5, 0.6) is 0 Å². The summed E-state index contributed by atoms with van der Waals surface area (Å²) >= 11 is 1.38. The molecule has 2 aliphatic heterocycles. The Hall–Kier alpha value is -1.83. The van der Waals surface area contributed by atoms with Crippen LogP contribution < -0.4 is 0 Å². The third-order valence-corrected chi connectivity index (χ3v) is 5.92. The summed E-state index contributed by atoms with van der Waals surface area (Å²) in [5.41, 5.74) is 3.52. The van der Waals surface area contributed by atoms with E-state index in [-0.39, 0.29) is 17.7 Å². The predicted molar refractivity (Wildman–Crippen MR) is 100 cm³/mol. The highest BCUT2D eigenvalue weighted by Gasteiger charge is 2.38. The Morgan fingerprint density at radius 2 is 1.92 bits per heavy atom. The van der Waals surface area contributed by atoms with Gasteiger partial charge in [0, 0.05) is 43.4 Å². The van der Waals surface area contributed by atoms with E-state index >= 15 is 0 Å². The molecule has 2 saturated heterocycles. The fourth-order valence-electron chi connectivity index (χ4n) is 3.84. The summed E-state index contributed by atoms with van der Waals surface area (Å²) in [5, 5.41) is 6.32. The van der Waals surface area contributed by atoms with Gasteiger partial charge in [-0.1, -0.05) is 34.3 Å². The highest BCUT2D eigenvalue weighted by molar-refractivity contribution is 7.03. The Labute approximate surface area is 157 Å². The van der Waals surface area contributed by atoms with Crippen LogP contribution in [0.1, 0.15) is 28.7 Å².